The Kier molecular flexibility index (Phi) is 4.26. The minimum absolute atomic E-state index is 0.0524. The van der Waals surface area contributed by atoms with Crippen molar-refractivity contribution in [3.8, 4) is 22.8 Å². The molecule has 0 unspecified atom stereocenters. The van der Waals surface area contributed by atoms with Gasteiger partial charge in [0, 0.05) is 19.0 Å². The van der Waals surface area contributed by atoms with Crippen molar-refractivity contribution in [1.82, 2.24) is 0 Å². The van der Waals surface area contributed by atoms with E-state index in [-0.39, 0.29) is 28.9 Å². The Hall–Kier alpha value is -2.68. The molecule has 2 aromatic carbocycles. The molecule has 3 aromatic rings. The maximum absolute atomic E-state index is 11.5. The Morgan fingerprint density at radius 1 is 1.19 bits per heavy atom. The number of fused-ring (bicyclic) bond motifs is 1. The summed E-state index contributed by atoms with van der Waals surface area (Å²) in [4.78, 5) is 11.5. The van der Waals surface area contributed by atoms with Crippen LogP contribution in [0.1, 0.15) is 13.3 Å². The molecule has 2 heterocycles. The summed E-state index contributed by atoms with van der Waals surface area (Å²) in [6, 6.07) is 13.3. The zero-order valence-corrected chi connectivity index (χ0v) is 15.4. The van der Waals surface area contributed by atoms with Gasteiger partial charge in [-0.25, -0.2) is 4.31 Å². The van der Waals surface area contributed by atoms with Crippen LogP contribution in [0.4, 0.5) is 5.88 Å². The van der Waals surface area contributed by atoms with E-state index in [9.17, 15) is 19.0 Å². The van der Waals surface area contributed by atoms with Crippen LogP contribution < -0.4 is 9.04 Å². The maximum Gasteiger partial charge on any atom is 0.308 e. The van der Waals surface area contributed by atoms with E-state index in [0.717, 1.165) is 10.8 Å². The number of carbonyl (C=O) groups excluding carboxylic acids is 1. The summed E-state index contributed by atoms with van der Waals surface area (Å²) in [5.41, 5.74) is 0.585. The summed E-state index contributed by atoms with van der Waals surface area (Å²) in [7, 11) is -3.08. The first-order valence-corrected chi connectivity index (χ1v) is 10.1. The molecule has 0 spiro atoms. The van der Waals surface area contributed by atoms with Gasteiger partial charge in [-0.1, -0.05) is 36.4 Å². The average molecular weight is 389 g/mol. The standard InChI is InChI=1S/C19H19NO6S/c1-12(21)25-18-16(22)17(26-19(18)20-9-4-10-27(20,23)24)15-8-7-13-5-2-3-6-14(13)11-15/h2-3,5-8,11,22-24H,4,9-10H2,1H3. The predicted molar refractivity (Wildman–Crippen MR) is 104 cm³/mol. The fourth-order valence-corrected chi connectivity index (χ4v) is 4.76. The van der Waals surface area contributed by atoms with Crippen molar-refractivity contribution in [3.63, 3.8) is 0 Å². The van der Waals surface area contributed by atoms with Crippen LogP contribution >= 0.6 is 10.8 Å². The summed E-state index contributed by atoms with van der Waals surface area (Å²) in [5, 5.41) is 12.6. The third-order valence-electron chi connectivity index (χ3n) is 4.44. The molecule has 1 aromatic heterocycles. The zero-order chi connectivity index (χ0) is 19.2. The van der Waals surface area contributed by atoms with Gasteiger partial charge in [0.2, 0.25) is 11.5 Å². The largest absolute Gasteiger partial charge is 0.502 e. The molecular weight excluding hydrogens is 370 g/mol. The zero-order valence-electron chi connectivity index (χ0n) is 14.6. The number of hydrogen-bond donors (Lipinski definition) is 3. The van der Waals surface area contributed by atoms with Crippen LogP contribution in [0.3, 0.4) is 0 Å². The second-order valence-electron chi connectivity index (χ2n) is 6.36. The van der Waals surface area contributed by atoms with Crippen LogP contribution in [0.25, 0.3) is 22.1 Å². The lowest BCUT2D eigenvalue weighted by Gasteiger charge is -2.36. The Bertz CT molecular complexity index is 1030. The smallest absolute Gasteiger partial charge is 0.308 e. The van der Waals surface area contributed by atoms with Gasteiger partial charge in [0.05, 0.1) is 5.75 Å². The summed E-state index contributed by atoms with van der Waals surface area (Å²) in [6.07, 6.45) is 0.550. The number of rotatable bonds is 3. The van der Waals surface area contributed by atoms with Gasteiger partial charge >= 0.3 is 5.97 Å². The van der Waals surface area contributed by atoms with Crippen molar-refractivity contribution in [2.75, 3.05) is 16.6 Å². The van der Waals surface area contributed by atoms with E-state index in [1.54, 1.807) is 6.07 Å². The van der Waals surface area contributed by atoms with E-state index in [1.807, 2.05) is 36.4 Å². The lowest BCUT2D eigenvalue weighted by molar-refractivity contribution is -0.132. The third-order valence-corrected chi connectivity index (χ3v) is 6.33. The number of carbonyl (C=O) groups is 1. The van der Waals surface area contributed by atoms with Crippen LogP contribution in [-0.4, -0.2) is 32.5 Å². The van der Waals surface area contributed by atoms with Crippen molar-refractivity contribution in [2.45, 2.75) is 13.3 Å². The summed E-state index contributed by atoms with van der Waals surface area (Å²) >= 11 is 0. The van der Waals surface area contributed by atoms with Crippen LogP contribution in [0.15, 0.2) is 46.9 Å². The van der Waals surface area contributed by atoms with Gasteiger partial charge in [0.25, 0.3) is 5.88 Å². The number of nitrogens with zero attached hydrogens (tertiary/aromatic N) is 1. The van der Waals surface area contributed by atoms with E-state index in [0.29, 0.717) is 18.5 Å². The molecule has 0 amide bonds. The maximum atomic E-state index is 11.5. The van der Waals surface area contributed by atoms with Crippen LogP contribution in [0.5, 0.6) is 11.5 Å². The molecule has 8 heteroatoms. The van der Waals surface area contributed by atoms with Gasteiger partial charge in [0.15, 0.2) is 5.76 Å². The molecule has 1 aliphatic heterocycles. The highest BCUT2D eigenvalue weighted by Gasteiger charge is 2.37. The predicted octanol–water partition coefficient (Wildman–Crippen LogP) is 4.61. The molecule has 1 saturated heterocycles. The molecule has 0 bridgehead atoms. The Balaban J connectivity index is 1.86. The van der Waals surface area contributed by atoms with Crippen LogP contribution in [0, 0.1) is 0 Å². The van der Waals surface area contributed by atoms with Crippen molar-refractivity contribution in [1.29, 1.82) is 0 Å². The molecule has 3 N–H and O–H groups in total. The van der Waals surface area contributed by atoms with Gasteiger partial charge in [-0.3, -0.25) is 13.9 Å². The molecule has 1 fully saturated rings. The minimum Gasteiger partial charge on any atom is -0.502 e. The fourth-order valence-electron chi connectivity index (χ4n) is 3.21. The highest BCUT2D eigenvalue weighted by atomic mass is 32.3. The van der Waals surface area contributed by atoms with E-state index >= 15 is 0 Å². The van der Waals surface area contributed by atoms with Gasteiger partial charge in [0.1, 0.15) is 0 Å². The first-order chi connectivity index (χ1) is 12.9. The highest BCUT2D eigenvalue weighted by molar-refractivity contribution is 8.25. The van der Waals surface area contributed by atoms with E-state index < -0.39 is 16.7 Å². The normalized spacial score (nSPS) is 17.2. The van der Waals surface area contributed by atoms with Gasteiger partial charge in [-0.2, -0.15) is 0 Å². The lowest BCUT2D eigenvalue weighted by atomic mass is 10.1. The molecular formula is C19H19NO6S. The number of anilines is 1. The number of ether oxygens (including phenoxy) is 1. The second kappa shape index (κ2) is 6.49. The molecule has 0 saturated carbocycles. The number of esters is 1. The van der Waals surface area contributed by atoms with Gasteiger partial charge < -0.3 is 14.3 Å². The molecule has 0 aliphatic carbocycles. The third kappa shape index (κ3) is 3.12. The quantitative estimate of drug-likeness (QED) is 0.562. The van der Waals surface area contributed by atoms with Crippen molar-refractivity contribution >= 4 is 33.4 Å². The molecule has 0 atom stereocenters. The first-order valence-electron chi connectivity index (χ1n) is 8.44. The number of furan rings is 1. The monoisotopic (exact) mass is 389 g/mol. The second-order valence-corrected chi connectivity index (χ2v) is 8.48. The SMILES string of the molecule is CC(=O)Oc1c(N2CCCS2(O)O)oc(-c2ccc3ccccc3c2)c1O. The summed E-state index contributed by atoms with van der Waals surface area (Å²) < 4.78 is 32.7. The van der Waals surface area contributed by atoms with Gasteiger partial charge in [-0.05, 0) is 23.3 Å². The summed E-state index contributed by atoms with van der Waals surface area (Å²) in [6.45, 7) is 1.52. The first kappa shape index (κ1) is 17.7. The minimum atomic E-state index is -3.08. The molecule has 27 heavy (non-hydrogen) atoms. The molecule has 142 valence electrons. The molecule has 4 rings (SSSR count). The van der Waals surface area contributed by atoms with Crippen molar-refractivity contribution in [2.24, 2.45) is 0 Å². The van der Waals surface area contributed by atoms with Crippen molar-refractivity contribution < 1.29 is 28.2 Å². The van der Waals surface area contributed by atoms with Crippen LogP contribution in [-0.2, 0) is 4.79 Å². The fraction of sp³-hybridized carbons (Fsp3) is 0.211. The van der Waals surface area contributed by atoms with E-state index in [2.05, 4.69) is 0 Å². The summed E-state index contributed by atoms with van der Waals surface area (Å²) in [5.74, 6) is -0.949. The molecule has 7 nitrogen and oxygen atoms in total. The van der Waals surface area contributed by atoms with Crippen LogP contribution in [0.2, 0.25) is 0 Å². The van der Waals surface area contributed by atoms with Crippen molar-refractivity contribution in [3.05, 3.63) is 42.5 Å². The molecule has 0 radical (unpaired) electrons. The molecule has 1 aliphatic rings. The van der Waals surface area contributed by atoms with E-state index in [4.69, 9.17) is 9.15 Å². The Labute approximate surface area is 157 Å². The lowest BCUT2D eigenvalue weighted by Crippen LogP contribution is -2.22. The number of hydrogen-bond acceptors (Lipinski definition) is 7. The number of aromatic hydroxyl groups is 1. The van der Waals surface area contributed by atoms with E-state index in [1.165, 1.54) is 11.2 Å². The Morgan fingerprint density at radius 3 is 2.59 bits per heavy atom. The van der Waals surface area contributed by atoms with Gasteiger partial charge in [-0.15, -0.1) is 10.8 Å². The topological polar surface area (TPSA) is 103 Å². The average Bonchev–Trinajstić information content (AvgIpc) is 3.13. The Morgan fingerprint density at radius 2 is 1.93 bits per heavy atom. The number of benzene rings is 2. The highest BCUT2D eigenvalue weighted by Crippen LogP contribution is 2.57.